The Morgan fingerprint density at radius 2 is 2.20 bits per heavy atom. The first-order chi connectivity index (χ1) is 9.54. The maximum absolute atomic E-state index is 12.2. The normalized spacial score (nSPS) is 30.9. The van der Waals surface area contributed by atoms with Crippen LogP contribution < -0.4 is 5.32 Å². The van der Waals surface area contributed by atoms with Crippen LogP contribution >= 0.6 is 0 Å². The van der Waals surface area contributed by atoms with Crippen LogP contribution in [0, 0.1) is 5.92 Å². The number of urea groups is 1. The Balaban J connectivity index is 1.80. The average molecular weight is 284 g/mol. The lowest BCUT2D eigenvalue weighted by Gasteiger charge is -2.35. The van der Waals surface area contributed by atoms with Gasteiger partial charge in [0.15, 0.2) is 0 Å². The standard InChI is InChI=1S/C14H24N2O4/c1-10-7-12(4-6-20-10)15-14(19)16-5-2-3-11(9-16)8-13(17)18/h10-12H,2-9H2,1H3,(H,15,19)(H,17,18). The summed E-state index contributed by atoms with van der Waals surface area (Å²) in [6, 6.07) is 0.116. The second kappa shape index (κ2) is 6.92. The SMILES string of the molecule is CC1CC(NC(=O)N2CCCC(CC(=O)O)C2)CCO1. The molecule has 114 valence electrons. The second-order valence-electron chi connectivity index (χ2n) is 5.90. The van der Waals surface area contributed by atoms with E-state index in [1.165, 1.54) is 0 Å². The molecule has 0 bridgehead atoms. The van der Waals surface area contributed by atoms with Gasteiger partial charge in [-0.05, 0) is 38.5 Å². The van der Waals surface area contributed by atoms with Gasteiger partial charge in [-0.25, -0.2) is 4.79 Å². The molecule has 0 saturated carbocycles. The minimum Gasteiger partial charge on any atom is -0.481 e. The Kier molecular flexibility index (Phi) is 5.23. The molecule has 2 N–H and O–H groups in total. The summed E-state index contributed by atoms with van der Waals surface area (Å²) in [7, 11) is 0. The van der Waals surface area contributed by atoms with Gasteiger partial charge in [-0.2, -0.15) is 0 Å². The number of likely N-dealkylation sites (tertiary alicyclic amines) is 1. The Labute approximate surface area is 119 Å². The number of nitrogens with zero attached hydrogens (tertiary/aromatic N) is 1. The van der Waals surface area contributed by atoms with Gasteiger partial charge in [0.1, 0.15) is 0 Å². The number of ether oxygens (including phenoxy) is 1. The summed E-state index contributed by atoms with van der Waals surface area (Å²) in [6.45, 7) is 3.98. The van der Waals surface area contributed by atoms with Gasteiger partial charge in [0.2, 0.25) is 0 Å². The van der Waals surface area contributed by atoms with Crippen molar-refractivity contribution in [2.75, 3.05) is 19.7 Å². The van der Waals surface area contributed by atoms with Crippen molar-refractivity contribution < 1.29 is 19.4 Å². The molecule has 0 aromatic carbocycles. The van der Waals surface area contributed by atoms with Gasteiger partial charge in [-0.3, -0.25) is 4.79 Å². The van der Waals surface area contributed by atoms with Crippen molar-refractivity contribution in [3.8, 4) is 0 Å². The number of amides is 2. The van der Waals surface area contributed by atoms with Crippen LogP contribution in [0.2, 0.25) is 0 Å². The summed E-state index contributed by atoms with van der Waals surface area (Å²) in [5.41, 5.74) is 0. The lowest BCUT2D eigenvalue weighted by molar-refractivity contribution is -0.138. The van der Waals surface area contributed by atoms with Gasteiger partial charge in [0, 0.05) is 32.2 Å². The third-order valence-electron chi connectivity index (χ3n) is 4.08. The summed E-state index contributed by atoms with van der Waals surface area (Å²) in [6.07, 6.45) is 3.81. The van der Waals surface area contributed by atoms with Gasteiger partial charge in [0.25, 0.3) is 0 Å². The van der Waals surface area contributed by atoms with E-state index in [1.54, 1.807) is 4.90 Å². The van der Waals surface area contributed by atoms with E-state index in [1.807, 2.05) is 6.92 Å². The van der Waals surface area contributed by atoms with Crippen molar-refractivity contribution in [3.05, 3.63) is 0 Å². The Bertz CT molecular complexity index is 361. The zero-order valence-corrected chi connectivity index (χ0v) is 12.0. The largest absolute Gasteiger partial charge is 0.481 e. The van der Waals surface area contributed by atoms with Crippen molar-refractivity contribution in [1.29, 1.82) is 0 Å². The maximum atomic E-state index is 12.2. The third kappa shape index (κ3) is 4.37. The average Bonchev–Trinajstić information content (AvgIpc) is 2.38. The first-order valence-electron chi connectivity index (χ1n) is 7.43. The molecule has 6 nitrogen and oxygen atoms in total. The summed E-state index contributed by atoms with van der Waals surface area (Å²) in [5, 5.41) is 11.9. The molecule has 2 aliphatic heterocycles. The molecular weight excluding hydrogens is 260 g/mol. The van der Waals surface area contributed by atoms with E-state index >= 15 is 0 Å². The number of aliphatic carboxylic acids is 1. The number of hydrogen-bond acceptors (Lipinski definition) is 3. The quantitative estimate of drug-likeness (QED) is 0.822. The Hall–Kier alpha value is -1.30. The second-order valence-corrected chi connectivity index (χ2v) is 5.90. The van der Waals surface area contributed by atoms with Crippen LogP contribution in [-0.2, 0) is 9.53 Å². The lowest BCUT2D eigenvalue weighted by atomic mass is 9.95. The Morgan fingerprint density at radius 1 is 1.40 bits per heavy atom. The molecule has 0 aromatic heterocycles. The topological polar surface area (TPSA) is 78.9 Å². The van der Waals surface area contributed by atoms with Gasteiger partial charge in [-0.15, -0.1) is 0 Å². The van der Waals surface area contributed by atoms with Crippen molar-refractivity contribution in [2.24, 2.45) is 5.92 Å². The molecule has 3 unspecified atom stereocenters. The highest BCUT2D eigenvalue weighted by atomic mass is 16.5. The third-order valence-corrected chi connectivity index (χ3v) is 4.08. The lowest BCUT2D eigenvalue weighted by Crippen LogP contribution is -2.50. The van der Waals surface area contributed by atoms with Gasteiger partial charge in [-0.1, -0.05) is 0 Å². The summed E-state index contributed by atoms with van der Waals surface area (Å²) < 4.78 is 5.47. The van der Waals surface area contributed by atoms with Crippen molar-refractivity contribution >= 4 is 12.0 Å². The molecule has 0 aliphatic carbocycles. The number of piperidine rings is 1. The van der Waals surface area contributed by atoms with Crippen LogP contribution in [0.5, 0.6) is 0 Å². The number of hydrogen-bond donors (Lipinski definition) is 2. The first-order valence-corrected chi connectivity index (χ1v) is 7.43. The van der Waals surface area contributed by atoms with Crippen molar-refractivity contribution in [1.82, 2.24) is 10.2 Å². The molecule has 6 heteroatoms. The molecule has 2 heterocycles. The molecule has 20 heavy (non-hydrogen) atoms. The van der Waals surface area contributed by atoms with Crippen LogP contribution in [0.15, 0.2) is 0 Å². The highest BCUT2D eigenvalue weighted by molar-refractivity contribution is 5.75. The zero-order chi connectivity index (χ0) is 14.5. The number of rotatable bonds is 3. The predicted octanol–water partition coefficient (Wildman–Crippen LogP) is 1.45. The summed E-state index contributed by atoms with van der Waals surface area (Å²) in [4.78, 5) is 24.8. The fourth-order valence-electron chi connectivity index (χ4n) is 3.06. The first kappa shape index (κ1) is 15.1. The van der Waals surface area contributed by atoms with Gasteiger partial charge >= 0.3 is 12.0 Å². The number of carboxylic acids is 1. The van der Waals surface area contributed by atoms with Crippen LogP contribution in [0.25, 0.3) is 0 Å². The van der Waals surface area contributed by atoms with E-state index in [4.69, 9.17) is 9.84 Å². The highest BCUT2D eigenvalue weighted by Gasteiger charge is 2.27. The van der Waals surface area contributed by atoms with E-state index in [9.17, 15) is 9.59 Å². The molecule has 2 aliphatic rings. The minimum absolute atomic E-state index is 0.0563. The molecule has 0 radical (unpaired) electrons. The highest BCUT2D eigenvalue weighted by Crippen LogP contribution is 2.20. The van der Waals surface area contributed by atoms with Crippen molar-refractivity contribution in [2.45, 2.75) is 51.2 Å². The van der Waals surface area contributed by atoms with Crippen molar-refractivity contribution in [3.63, 3.8) is 0 Å². The predicted molar refractivity (Wildman–Crippen MR) is 73.5 cm³/mol. The smallest absolute Gasteiger partial charge is 0.317 e. The minimum atomic E-state index is -0.782. The van der Waals surface area contributed by atoms with Crippen LogP contribution in [0.3, 0.4) is 0 Å². The van der Waals surface area contributed by atoms with E-state index < -0.39 is 5.97 Å². The zero-order valence-electron chi connectivity index (χ0n) is 12.0. The molecule has 0 aromatic rings. The fourth-order valence-corrected chi connectivity index (χ4v) is 3.06. The van der Waals surface area contributed by atoms with Gasteiger partial charge < -0.3 is 20.1 Å². The van der Waals surface area contributed by atoms with E-state index in [-0.39, 0.29) is 30.5 Å². The van der Waals surface area contributed by atoms with E-state index in [2.05, 4.69) is 5.32 Å². The monoisotopic (exact) mass is 284 g/mol. The molecule has 0 spiro atoms. The molecule has 3 atom stereocenters. The Morgan fingerprint density at radius 3 is 2.90 bits per heavy atom. The number of carbonyl (C=O) groups excluding carboxylic acids is 1. The summed E-state index contributed by atoms with van der Waals surface area (Å²) >= 11 is 0. The molecular formula is C14H24N2O4. The van der Waals surface area contributed by atoms with Crippen LogP contribution in [0.1, 0.15) is 39.0 Å². The maximum Gasteiger partial charge on any atom is 0.317 e. The molecule has 2 fully saturated rings. The van der Waals surface area contributed by atoms with Gasteiger partial charge in [0.05, 0.1) is 6.10 Å². The number of nitrogens with one attached hydrogen (secondary N) is 1. The van der Waals surface area contributed by atoms with Crippen LogP contribution in [-0.4, -0.2) is 53.8 Å². The van der Waals surface area contributed by atoms with Crippen LogP contribution in [0.4, 0.5) is 4.79 Å². The molecule has 2 rings (SSSR count). The number of carboxylic acid groups (broad SMARTS) is 1. The molecule has 2 amide bonds. The summed E-state index contributed by atoms with van der Waals surface area (Å²) in [5.74, 6) is -0.698. The fraction of sp³-hybridized carbons (Fsp3) is 0.857. The van der Waals surface area contributed by atoms with E-state index in [0.717, 1.165) is 32.2 Å². The van der Waals surface area contributed by atoms with E-state index in [0.29, 0.717) is 13.2 Å². The number of carbonyl (C=O) groups is 2. The molecule has 2 saturated heterocycles.